The first-order chi connectivity index (χ1) is 13.3. The van der Waals surface area contributed by atoms with Crippen LogP contribution >= 0.6 is 0 Å². The molecule has 0 aliphatic heterocycles. The molecular weight excluding hydrogens is 324 g/mol. The van der Waals surface area contributed by atoms with Crippen LogP contribution in [0.2, 0.25) is 0 Å². The molecule has 0 N–H and O–H groups in total. The fraction of sp³-hybridized carbons (Fsp3) is 0.926. The molecular formula is C27H54. The topological polar surface area (TPSA) is 0 Å². The minimum Gasteiger partial charge on any atom is -0.0885 e. The molecule has 0 heterocycles. The molecule has 0 amide bonds. The van der Waals surface area contributed by atoms with Crippen molar-refractivity contribution in [2.75, 3.05) is 0 Å². The summed E-state index contributed by atoms with van der Waals surface area (Å²) >= 11 is 0. The molecule has 0 saturated carbocycles. The number of allylic oxidation sites excluding steroid dienone is 2. The molecule has 0 bridgehead atoms. The van der Waals surface area contributed by atoms with Gasteiger partial charge in [0.05, 0.1) is 0 Å². The molecule has 0 aromatic carbocycles. The third-order valence-corrected chi connectivity index (χ3v) is 6.48. The van der Waals surface area contributed by atoms with Gasteiger partial charge in [0, 0.05) is 0 Å². The molecule has 27 heavy (non-hydrogen) atoms. The van der Waals surface area contributed by atoms with E-state index in [1.54, 1.807) is 0 Å². The lowest BCUT2D eigenvalue weighted by molar-refractivity contribution is 0.334. The third-order valence-electron chi connectivity index (χ3n) is 6.48. The monoisotopic (exact) mass is 378 g/mol. The first-order valence-electron chi connectivity index (χ1n) is 12.9. The van der Waals surface area contributed by atoms with E-state index in [9.17, 15) is 0 Å². The molecule has 162 valence electrons. The Kier molecular flexibility index (Phi) is 21.8. The molecule has 0 spiro atoms. The normalized spacial score (nSPS) is 14.1. The van der Waals surface area contributed by atoms with Crippen molar-refractivity contribution in [1.29, 1.82) is 0 Å². The lowest BCUT2D eigenvalue weighted by Crippen LogP contribution is -2.05. The summed E-state index contributed by atoms with van der Waals surface area (Å²) in [5, 5.41) is 0. The predicted octanol–water partition coefficient (Wildman–Crippen LogP) is 10.3. The van der Waals surface area contributed by atoms with Gasteiger partial charge in [-0.25, -0.2) is 0 Å². The maximum atomic E-state index is 2.42. The van der Waals surface area contributed by atoms with E-state index in [-0.39, 0.29) is 0 Å². The lowest BCUT2D eigenvalue weighted by Gasteiger charge is -2.19. The van der Waals surface area contributed by atoms with E-state index < -0.39 is 0 Å². The Morgan fingerprint density at radius 1 is 0.444 bits per heavy atom. The molecule has 0 saturated heterocycles. The summed E-state index contributed by atoms with van der Waals surface area (Å²) < 4.78 is 0. The van der Waals surface area contributed by atoms with Crippen molar-refractivity contribution in [2.45, 2.75) is 150 Å². The van der Waals surface area contributed by atoms with E-state index in [4.69, 9.17) is 0 Å². The second kappa shape index (κ2) is 22.0. The molecule has 0 nitrogen and oxygen atoms in total. The molecule has 0 aliphatic carbocycles. The van der Waals surface area contributed by atoms with Gasteiger partial charge < -0.3 is 0 Å². The van der Waals surface area contributed by atoms with Crippen LogP contribution in [0.4, 0.5) is 0 Å². The van der Waals surface area contributed by atoms with Crippen LogP contribution in [0.15, 0.2) is 12.2 Å². The summed E-state index contributed by atoms with van der Waals surface area (Å²) in [4.78, 5) is 0. The van der Waals surface area contributed by atoms with Crippen LogP contribution in [0.5, 0.6) is 0 Å². The van der Waals surface area contributed by atoms with Crippen molar-refractivity contribution in [3.05, 3.63) is 12.2 Å². The number of hydrogen-bond acceptors (Lipinski definition) is 0. The maximum Gasteiger partial charge on any atom is -0.0351 e. The first kappa shape index (κ1) is 26.7. The van der Waals surface area contributed by atoms with Crippen molar-refractivity contribution in [2.24, 2.45) is 11.8 Å². The average Bonchev–Trinajstić information content (AvgIpc) is 2.69. The Hall–Kier alpha value is -0.260. The Labute approximate surface area is 174 Å². The molecule has 0 aromatic heterocycles. The van der Waals surface area contributed by atoms with Crippen LogP contribution < -0.4 is 0 Å². The van der Waals surface area contributed by atoms with Gasteiger partial charge in [0.25, 0.3) is 0 Å². The molecule has 2 unspecified atom stereocenters. The number of hydrogen-bond donors (Lipinski definition) is 0. The average molecular weight is 379 g/mol. The molecule has 2 atom stereocenters. The highest BCUT2D eigenvalue weighted by Gasteiger charge is 2.11. The van der Waals surface area contributed by atoms with Gasteiger partial charge in [-0.05, 0) is 31.1 Å². The highest BCUT2D eigenvalue weighted by Crippen LogP contribution is 2.26. The SMILES string of the molecule is CCCC/C=C/CCCCC(CC)CCC(CC)CCCCCCCCC. The summed E-state index contributed by atoms with van der Waals surface area (Å²) in [5.74, 6) is 1.98. The van der Waals surface area contributed by atoms with Gasteiger partial charge in [-0.3, -0.25) is 0 Å². The Balaban J connectivity index is 3.69. The lowest BCUT2D eigenvalue weighted by atomic mass is 9.87. The van der Waals surface area contributed by atoms with Gasteiger partial charge in [0.2, 0.25) is 0 Å². The minimum absolute atomic E-state index is 0.983. The zero-order valence-electron chi connectivity index (χ0n) is 19.7. The zero-order valence-corrected chi connectivity index (χ0v) is 19.7. The molecule has 0 rings (SSSR count). The fourth-order valence-electron chi connectivity index (χ4n) is 4.22. The van der Waals surface area contributed by atoms with Gasteiger partial charge in [-0.1, -0.05) is 143 Å². The van der Waals surface area contributed by atoms with E-state index in [2.05, 4.69) is 39.8 Å². The van der Waals surface area contributed by atoms with Crippen LogP contribution in [0, 0.1) is 11.8 Å². The predicted molar refractivity (Wildman–Crippen MR) is 127 cm³/mol. The summed E-state index contributed by atoms with van der Waals surface area (Å²) in [6, 6.07) is 0. The highest BCUT2D eigenvalue weighted by atomic mass is 14.2. The van der Waals surface area contributed by atoms with Crippen molar-refractivity contribution in [3.8, 4) is 0 Å². The zero-order chi connectivity index (χ0) is 20.0. The fourth-order valence-corrected chi connectivity index (χ4v) is 4.22. The van der Waals surface area contributed by atoms with Gasteiger partial charge in [0.15, 0.2) is 0 Å². The number of unbranched alkanes of at least 4 members (excludes halogenated alkanes) is 10. The van der Waals surface area contributed by atoms with E-state index in [1.165, 1.54) is 122 Å². The largest absolute Gasteiger partial charge is 0.0885 e. The smallest absolute Gasteiger partial charge is 0.0351 e. The van der Waals surface area contributed by atoms with Crippen molar-refractivity contribution in [1.82, 2.24) is 0 Å². The Morgan fingerprint density at radius 2 is 0.889 bits per heavy atom. The molecule has 0 heteroatoms. The third kappa shape index (κ3) is 18.9. The first-order valence-corrected chi connectivity index (χ1v) is 12.9. The van der Waals surface area contributed by atoms with Gasteiger partial charge >= 0.3 is 0 Å². The summed E-state index contributed by atoms with van der Waals surface area (Å²) in [7, 11) is 0. The van der Waals surface area contributed by atoms with E-state index in [0.717, 1.165) is 11.8 Å². The van der Waals surface area contributed by atoms with Crippen LogP contribution in [0.25, 0.3) is 0 Å². The molecule has 0 fully saturated rings. The standard InChI is InChI=1S/C27H54/c1-5-9-11-13-15-17-19-21-23-27(8-4)25-24-26(7-3)22-20-18-16-14-12-10-6-2/h13,15,26-27H,5-12,14,16-25H2,1-4H3/b15-13+. The second-order valence-electron chi connectivity index (χ2n) is 8.93. The molecule has 0 aromatic rings. The van der Waals surface area contributed by atoms with Gasteiger partial charge in [-0.15, -0.1) is 0 Å². The van der Waals surface area contributed by atoms with E-state index in [1.807, 2.05) is 0 Å². The molecule has 0 radical (unpaired) electrons. The van der Waals surface area contributed by atoms with Crippen molar-refractivity contribution < 1.29 is 0 Å². The Bertz CT molecular complexity index is 290. The van der Waals surface area contributed by atoms with Crippen LogP contribution in [-0.2, 0) is 0 Å². The maximum absolute atomic E-state index is 2.42. The summed E-state index contributed by atoms with van der Waals surface area (Å²) in [6.45, 7) is 9.40. The van der Waals surface area contributed by atoms with Crippen molar-refractivity contribution in [3.63, 3.8) is 0 Å². The Morgan fingerprint density at radius 3 is 1.41 bits per heavy atom. The summed E-state index contributed by atoms with van der Waals surface area (Å²) in [5.41, 5.74) is 0. The van der Waals surface area contributed by atoms with Crippen LogP contribution in [0.3, 0.4) is 0 Å². The second-order valence-corrected chi connectivity index (χ2v) is 8.93. The quantitative estimate of drug-likeness (QED) is 0.138. The molecule has 0 aliphatic rings. The van der Waals surface area contributed by atoms with Crippen LogP contribution in [0.1, 0.15) is 150 Å². The van der Waals surface area contributed by atoms with E-state index in [0.29, 0.717) is 0 Å². The van der Waals surface area contributed by atoms with Gasteiger partial charge in [0.1, 0.15) is 0 Å². The van der Waals surface area contributed by atoms with Crippen molar-refractivity contribution >= 4 is 0 Å². The highest BCUT2D eigenvalue weighted by molar-refractivity contribution is 4.81. The van der Waals surface area contributed by atoms with E-state index >= 15 is 0 Å². The number of rotatable bonds is 21. The summed E-state index contributed by atoms with van der Waals surface area (Å²) in [6.07, 6.45) is 31.8. The van der Waals surface area contributed by atoms with Gasteiger partial charge in [-0.2, -0.15) is 0 Å². The van der Waals surface area contributed by atoms with Crippen LogP contribution in [-0.4, -0.2) is 0 Å². The minimum atomic E-state index is 0.983.